The average molecular weight is 238 g/mol. The highest BCUT2D eigenvalue weighted by atomic mass is 16.5. The number of aromatic nitrogens is 2. The van der Waals surface area contributed by atoms with Gasteiger partial charge in [0.1, 0.15) is 12.1 Å². The van der Waals surface area contributed by atoms with Gasteiger partial charge >= 0.3 is 0 Å². The van der Waals surface area contributed by atoms with Gasteiger partial charge in [-0.25, -0.2) is 9.97 Å². The Labute approximate surface area is 101 Å². The zero-order valence-corrected chi connectivity index (χ0v) is 10.1. The second kappa shape index (κ2) is 5.79. The third kappa shape index (κ3) is 3.04. The van der Waals surface area contributed by atoms with Crippen LogP contribution in [0.5, 0.6) is 5.88 Å². The van der Waals surface area contributed by atoms with E-state index < -0.39 is 0 Å². The van der Waals surface area contributed by atoms with E-state index >= 15 is 0 Å². The van der Waals surface area contributed by atoms with Crippen LogP contribution in [0.1, 0.15) is 6.92 Å². The molecule has 1 aromatic heterocycles. The highest BCUT2D eigenvalue weighted by Crippen LogP contribution is 2.14. The van der Waals surface area contributed by atoms with Gasteiger partial charge < -0.3 is 20.1 Å². The summed E-state index contributed by atoms with van der Waals surface area (Å²) in [5.41, 5.74) is 0. The Morgan fingerprint density at radius 2 is 2.35 bits per heavy atom. The lowest BCUT2D eigenvalue weighted by molar-refractivity contribution is 0.111. The van der Waals surface area contributed by atoms with Crippen LogP contribution < -0.4 is 15.4 Å². The summed E-state index contributed by atoms with van der Waals surface area (Å²) in [6.07, 6.45) is 1.66. The lowest BCUT2D eigenvalue weighted by Gasteiger charge is -2.19. The van der Waals surface area contributed by atoms with Gasteiger partial charge in [-0.3, -0.25) is 0 Å². The molecule has 0 radical (unpaired) electrons. The second-order valence-electron chi connectivity index (χ2n) is 3.86. The molecule has 1 aliphatic rings. The van der Waals surface area contributed by atoms with Gasteiger partial charge in [-0.2, -0.15) is 0 Å². The maximum atomic E-state index is 5.37. The maximum absolute atomic E-state index is 5.37. The van der Waals surface area contributed by atoms with Crippen molar-refractivity contribution in [1.82, 2.24) is 15.3 Å². The SMILES string of the molecule is CCOc1cc(NC2CNC[C@@H]2OC)ncn1. The van der Waals surface area contributed by atoms with Crippen molar-refractivity contribution in [2.75, 3.05) is 32.1 Å². The van der Waals surface area contributed by atoms with Crippen molar-refractivity contribution in [3.63, 3.8) is 0 Å². The van der Waals surface area contributed by atoms with Gasteiger partial charge in [0.2, 0.25) is 5.88 Å². The molecule has 94 valence electrons. The molecule has 1 aromatic rings. The maximum Gasteiger partial charge on any atom is 0.218 e. The number of hydrogen-bond donors (Lipinski definition) is 2. The Morgan fingerprint density at radius 3 is 3.12 bits per heavy atom. The first-order valence-electron chi connectivity index (χ1n) is 5.78. The van der Waals surface area contributed by atoms with Crippen LogP contribution in [-0.2, 0) is 4.74 Å². The molecular weight excluding hydrogens is 220 g/mol. The number of hydrogen-bond acceptors (Lipinski definition) is 6. The van der Waals surface area contributed by atoms with Gasteiger partial charge in [0.25, 0.3) is 0 Å². The first-order valence-corrected chi connectivity index (χ1v) is 5.78. The fraction of sp³-hybridized carbons (Fsp3) is 0.636. The monoisotopic (exact) mass is 238 g/mol. The van der Waals surface area contributed by atoms with E-state index in [0.29, 0.717) is 12.5 Å². The normalized spacial score (nSPS) is 23.6. The van der Waals surface area contributed by atoms with E-state index in [9.17, 15) is 0 Å². The van der Waals surface area contributed by atoms with Crippen molar-refractivity contribution in [3.8, 4) is 5.88 Å². The highest BCUT2D eigenvalue weighted by molar-refractivity contribution is 5.39. The Hall–Kier alpha value is -1.40. The first kappa shape index (κ1) is 12.1. The molecule has 1 fully saturated rings. The molecule has 2 rings (SSSR count). The Balaban J connectivity index is 2.00. The van der Waals surface area contributed by atoms with Crippen LogP contribution in [0.4, 0.5) is 5.82 Å². The molecule has 0 spiro atoms. The zero-order chi connectivity index (χ0) is 12.1. The van der Waals surface area contributed by atoms with Gasteiger partial charge in [-0.05, 0) is 6.92 Å². The van der Waals surface area contributed by atoms with Gasteiger partial charge in [-0.15, -0.1) is 0 Å². The van der Waals surface area contributed by atoms with Gasteiger partial charge in [0, 0.05) is 26.3 Å². The molecule has 0 aromatic carbocycles. The summed E-state index contributed by atoms with van der Waals surface area (Å²) in [4.78, 5) is 8.19. The Morgan fingerprint density at radius 1 is 1.47 bits per heavy atom. The lowest BCUT2D eigenvalue weighted by Crippen LogP contribution is -2.33. The molecule has 0 aliphatic carbocycles. The predicted molar refractivity (Wildman–Crippen MR) is 64.3 cm³/mol. The van der Waals surface area contributed by atoms with Crippen LogP contribution in [-0.4, -0.2) is 48.9 Å². The van der Waals surface area contributed by atoms with Crippen LogP contribution in [0.3, 0.4) is 0 Å². The largest absolute Gasteiger partial charge is 0.478 e. The van der Waals surface area contributed by atoms with Crippen molar-refractivity contribution >= 4 is 5.82 Å². The molecule has 1 saturated heterocycles. The average Bonchev–Trinajstić information content (AvgIpc) is 2.77. The van der Waals surface area contributed by atoms with E-state index in [1.54, 1.807) is 13.2 Å². The predicted octanol–water partition coefficient (Wildman–Crippen LogP) is 0.274. The van der Waals surface area contributed by atoms with E-state index in [1.165, 1.54) is 6.33 Å². The van der Waals surface area contributed by atoms with Crippen molar-refractivity contribution < 1.29 is 9.47 Å². The number of anilines is 1. The molecule has 2 atom stereocenters. The first-order chi connectivity index (χ1) is 8.33. The molecule has 2 N–H and O–H groups in total. The number of rotatable bonds is 5. The summed E-state index contributed by atoms with van der Waals surface area (Å²) in [7, 11) is 1.72. The minimum Gasteiger partial charge on any atom is -0.478 e. The molecule has 0 bridgehead atoms. The second-order valence-corrected chi connectivity index (χ2v) is 3.86. The van der Waals surface area contributed by atoms with Crippen molar-refractivity contribution in [3.05, 3.63) is 12.4 Å². The lowest BCUT2D eigenvalue weighted by atomic mass is 10.2. The van der Waals surface area contributed by atoms with Crippen LogP contribution in [0, 0.1) is 0 Å². The van der Waals surface area contributed by atoms with Gasteiger partial charge in [0.15, 0.2) is 0 Å². The summed E-state index contributed by atoms with van der Waals surface area (Å²) < 4.78 is 10.7. The van der Waals surface area contributed by atoms with E-state index in [-0.39, 0.29) is 12.1 Å². The Bertz CT molecular complexity index is 361. The fourth-order valence-corrected chi connectivity index (χ4v) is 1.88. The number of ether oxygens (including phenoxy) is 2. The summed E-state index contributed by atoms with van der Waals surface area (Å²) in [6, 6.07) is 2.03. The van der Waals surface area contributed by atoms with Crippen LogP contribution in [0.2, 0.25) is 0 Å². The van der Waals surface area contributed by atoms with Crippen LogP contribution >= 0.6 is 0 Å². The standard InChI is InChI=1S/C11H18N4O2/c1-3-17-11-4-10(13-7-14-11)15-8-5-12-6-9(8)16-2/h4,7-9,12H,3,5-6H2,1-2H3,(H,13,14,15)/t8?,9-/m0/s1. The molecule has 2 heterocycles. The Kier molecular flexibility index (Phi) is 4.11. The molecule has 0 saturated carbocycles. The van der Waals surface area contributed by atoms with E-state index in [2.05, 4.69) is 20.6 Å². The molecular formula is C11H18N4O2. The summed E-state index contributed by atoms with van der Waals surface area (Å²) >= 11 is 0. The van der Waals surface area contributed by atoms with Gasteiger partial charge in [0.05, 0.1) is 18.8 Å². The molecule has 1 unspecified atom stereocenters. The van der Waals surface area contributed by atoms with E-state index in [0.717, 1.165) is 18.9 Å². The molecule has 17 heavy (non-hydrogen) atoms. The molecule has 6 heteroatoms. The number of methoxy groups -OCH3 is 1. The van der Waals surface area contributed by atoms with E-state index in [1.807, 2.05) is 6.92 Å². The summed E-state index contributed by atoms with van der Waals surface area (Å²) in [6.45, 7) is 4.25. The number of nitrogens with one attached hydrogen (secondary N) is 2. The van der Waals surface area contributed by atoms with Crippen LogP contribution in [0.25, 0.3) is 0 Å². The minimum atomic E-state index is 0.167. The zero-order valence-electron chi connectivity index (χ0n) is 10.1. The number of nitrogens with zero attached hydrogens (tertiary/aromatic N) is 2. The van der Waals surface area contributed by atoms with Crippen molar-refractivity contribution in [2.45, 2.75) is 19.1 Å². The van der Waals surface area contributed by atoms with Crippen molar-refractivity contribution in [2.24, 2.45) is 0 Å². The molecule has 0 amide bonds. The van der Waals surface area contributed by atoms with E-state index in [4.69, 9.17) is 9.47 Å². The molecule has 1 aliphatic heterocycles. The molecule has 6 nitrogen and oxygen atoms in total. The highest BCUT2D eigenvalue weighted by Gasteiger charge is 2.26. The quantitative estimate of drug-likeness (QED) is 0.767. The van der Waals surface area contributed by atoms with Crippen molar-refractivity contribution in [1.29, 1.82) is 0 Å². The topological polar surface area (TPSA) is 68.3 Å². The smallest absolute Gasteiger partial charge is 0.218 e. The third-order valence-corrected chi connectivity index (χ3v) is 2.73. The summed E-state index contributed by atoms with van der Waals surface area (Å²) in [5.74, 6) is 1.35. The summed E-state index contributed by atoms with van der Waals surface area (Å²) in [5, 5.41) is 6.59. The van der Waals surface area contributed by atoms with Crippen LogP contribution in [0.15, 0.2) is 12.4 Å². The minimum absolute atomic E-state index is 0.167. The third-order valence-electron chi connectivity index (χ3n) is 2.73. The fourth-order valence-electron chi connectivity index (χ4n) is 1.88. The van der Waals surface area contributed by atoms with Gasteiger partial charge in [-0.1, -0.05) is 0 Å².